The summed E-state index contributed by atoms with van der Waals surface area (Å²) in [7, 11) is 0. The lowest BCUT2D eigenvalue weighted by molar-refractivity contribution is 0.0926. The average Bonchev–Trinajstić information content (AvgIpc) is 2.29. The molecule has 0 fully saturated rings. The van der Waals surface area contributed by atoms with Crippen LogP contribution in [0.1, 0.15) is 30.6 Å². The molecular formula is C11H15N3OS. The fourth-order valence-electron chi connectivity index (χ4n) is 1.15. The largest absolute Gasteiger partial charge is 0.391 e. The third kappa shape index (κ3) is 2.76. The van der Waals surface area contributed by atoms with Crippen LogP contribution in [-0.4, -0.2) is 21.4 Å². The van der Waals surface area contributed by atoms with E-state index >= 15 is 0 Å². The quantitative estimate of drug-likeness (QED) is 0.774. The lowest BCUT2D eigenvalue weighted by Crippen LogP contribution is -2.54. The molecule has 0 aliphatic rings. The predicted octanol–water partition coefficient (Wildman–Crippen LogP) is 1.27. The molecule has 0 saturated heterocycles. The van der Waals surface area contributed by atoms with E-state index in [1.54, 1.807) is 24.5 Å². The van der Waals surface area contributed by atoms with Crippen molar-refractivity contribution in [2.24, 2.45) is 5.73 Å². The van der Waals surface area contributed by atoms with Crippen LogP contribution in [0.25, 0.3) is 0 Å². The van der Waals surface area contributed by atoms with E-state index in [4.69, 9.17) is 18.0 Å². The van der Waals surface area contributed by atoms with Gasteiger partial charge in [0.25, 0.3) is 5.91 Å². The van der Waals surface area contributed by atoms with Crippen molar-refractivity contribution in [3.05, 3.63) is 30.1 Å². The Bertz CT molecular complexity index is 393. The molecular weight excluding hydrogens is 222 g/mol. The molecule has 16 heavy (non-hydrogen) atoms. The monoisotopic (exact) mass is 237 g/mol. The maximum absolute atomic E-state index is 11.9. The molecule has 1 atom stereocenters. The summed E-state index contributed by atoms with van der Waals surface area (Å²) < 4.78 is 0. The molecule has 1 amide bonds. The number of hydrogen-bond donors (Lipinski definition) is 2. The van der Waals surface area contributed by atoms with Crippen LogP contribution < -0.4 is 11.1 Å². The summed E-state index contributed by atoms with van der Waals surface area (Å²) in [5.74, 6) is -0.195. The Kier molecular flexibility index (Phi) is 3.95. The van der Waals surface area contributed by atoms with Crippen molar-refractivity contribution in [3.8, 4) is 0 Å². The maximum atomic E-state index is 11.9. The molecule has 86 valence electrons. The van der Waals surface area contributed by atoms with Crippen molar-refractivity contribution in [2.75, 3.05) is 0 Å². The van der Waals surface area contributed by atoms with E-state index < -0.39 is 5.54 Å². The van der Waals surface area contributed by atoms with Crippen molar-refractivity contribution < 1.29 is 4.79 Å². The highest BCUT2D eigenvalue weighted by molar-refractivity contribution is 7.80. The second-order valence-electron chi connectivity index (χ2n) is 3.74. The van der Waals surface area contributed by atoms with Crippen LogP contribution in [0, 0.1) is 0 Å². The summed E-state index contributed by atoms with van der Waals surface area (Å²) in [4.78, 5) is 16.0. The molecule has 0 spiro atoms. The molecule has 0 saturated carbocycles. The topological polar surface area (TPSA) is 68.0 Å². The van der Waals surface area contributed by atoms with Gasteiger partial charge in [-0.15, -0.1) is 0 Å². The average molecular weight is 237 g/mol. The first-order valence-corrected chi connectivity index (χ1v) is 5.43. The third-order valence-electron chi connectivity index (χ3n) is 2.58. The van der Waals surface area contributed by atoms with Crippen LogP contribution >= 0.6 is 12.2 Å². The Morgan fingerprint density at radius 2 is 2.12 bits per heavy atom. The van der Waals surface area contributed by atoms with Gasteiger partial charge in [0.1, 0.15) is 0 Å². The zero-order valence-electron chi connectivity index (χ0n) is 9.36. The summed E-state index contributed by atoms with van der Waals surface area (Å²) in [5, 5.41) is 2.83. The summed E-state index contributed by atoms with van der Waals surface area (Å²) in [6.07, 6.45) is 3.79. The van der Waals surface area contributed by atoms with Gasteiger partial charge in [-0.25, -0.2) is 0 Å². The normalized spacial score (nSPS) is 13.9. The highest BCUT2D eigenvalue weighted by Gasteiger charge is 2.27. The van der Waals surface area contributed by atoms with E-state index in [2.05, 4.69) is 10.3 Å². The van der Waals surface area contributed by atoms with Gasteiger partial charge in [0.2, 0.25) is 0 Å². The van der Waals surface area contributed by atoms with E-state index in [-0.39, 0.29) is 10.9 Å². The first-order chi connectivity index (χ1) is 7.49. The molecule has 3 N–H and O–H groups in total. The smallest absolute Gasteiger partial charge is 0.252 e. The van der Waals surface area contributed by atoms with Crippen LogP contribution in [0.15, 0.2) is 24.5 Å². The van der Waals surface area contributed by atoms with Gasteiger partial charge in [-0.05, 0) is 25.5 Å². The molecule has 1 heterocycles. The number of pyridine rings is 1. The lowest BCUT2D eigenvalue weighted by Gasteiger charge is -2.28. The second kappa shape index (κ2) is 5.03. The summed E-state index contributed by atoms with van der Waals surface area (Å²) in [5.41, 5.74) is 5.52. The van der Waals surface area contributed by atoms with Crippen molar-refractivity contribution >= 4 is 23.1 Å². The van der Waals surface area contributed by atoms with E-state index in [1.165, 1.54) is 0 Å². The first-order valence-electron chi connectivity index (χ1n) is 5.02. The molecule has 5 heteroatoms. The number of carbonyl (C=O) groups excluding carboxylic acids is 1. The van der Waals surface area contributed by atoms with Crippen molar-refractivity contribution in [2.45, 2.75) is 25.8 Å². The third-order valence-corrected chi connectivity index (χ3v) is 3.03. The number of carbonyl (C=O) groups is 1. The molecule has 1 aromatic rings. The minimum atomic E-state index is -0.643. The Balaban J connectivity index is 2.82. The molecule has 1 rings (SSSR count). The maximum Gasteiger partial charge on any atom is 0.252 e. The molecule has 1 aromatic heterocycles. The molecule has 0 radical (unpaired) electrons. The Morgan fingerprint density at radius 1 is 1.56 bits per heavy atom. The van der Waals surface area contributed by atoms with Gasteiger partial charge >= 0.3 is 0 Å². The van der Waals surface area contributed by atoms with Gasteiger partial charge in [-0.2, -0.15) is 0 Å². The Labute approximate surface area is 100 Å². The fourth-order valence-corrected chi connectivity index (χ4v) is 1.35. The molecule has 0 aliphatic carbocycles. The molecule has 1 unspecified atom stereocenters. The van der Waals surface area contributed by atoms with E-state index in [1.807, 2.05) is 13.8 Å². The van der Waals surface area contributed by atoms with Crippen LogP contribution in [-0.2, 0) is 0 Å². The molecule has 0 aliphatic heterocycles. The summed E-state index contributed by atoms with van der Waals surface area (Å²) >= 11 is 4.95. The number of nitrogens with two attached hydrogens (primary N) is 1. The highest BCUT2D eigenvalue weighted by atomic mass is 32.1. The Hall–Kier alpha value is -1.49. The highest BCUT2D eigenvalue weighted by Crippen LogP contribution is 2.11. The number of amides is 1. The first kappa shape index (κ1) is 12.6. The number of hydrogen-bond acceptors (Lipinski definition) is 3. The minimum absolute atomic E-state index is 0.195. The van der Waals surface area contributed by atoms with Crippen molar-refractivity contribution in [3.63, 3.8) is 0 Å². The van der Waals surface area contributed by atoms with Gasteiger partial charge in [0, 0.05) is 18.0 Å². The number of rotatable bonds is 4. The second-order valence-corrected chi connectivity index (χ2v) is 4.18. The van der Waals surface area contributed by atoms with E-state index in [0.717, 1.165) is 0 Å². The van der Waals surface area contributed by atoms with Crippen LogP contribution in [0.2, 0.25) is 0 Å². The Morgan fingerprint density at radius 3 is 2.56 bits per heavy atom. The van der Waals surface area contributed by atoms with Gasteiger partial charge in [0.05, 0.1) is 10.5 Å². The zero-order valence-corrected chi connectivity index (χ0v) is 10.2. The summed E-state index contributed by atoms with van der Waals surface area (Å²) in [6.45, 7) is 3.74. The van der Waals surface area contributed by atoms with Gasteiger partial charge in [-0.3, -0.25) is 9.78 Å². The fraction of sp³-hybridized carbons (Fsp3) is 0.364. The predicted molar refractivity (Wildman–Crippen MR) is 67.2 cm³/mol. The molecule has 4 nitrogen and oxygen atoms in total. The van der Waals surface area contributed by atoms with E-state index in [9.17, 15) is 4.79 Å². The lowest BCUT2D eigenvalue weighted by atomic mass is 9.98. The van der Waals surface area contributed by atoms with Gasteiger partial charge in [-0.1, -0.05) is 19.1 Å². The van der Waals surface area contributed by atoms with Gasteiger partial charge in [0.15, 0.2) is 0 Å². The molecule has 0 aromatic carbocycles. The van der Waals surface area contributed by atoms with Gasteiger partial charge < -0.3 is 11.1 Å². The van der Waals surface area contributed by atoms with Crippen molar-refractivity contribution in [1.29, 1.82) is 0 Å². The van der Waals surface area contributed by atoms with Crippen LogP contribution in [0.4, 0.5) is 0 Å². The SMILES string of the molecule is CCC(C)(NC(=O)c1ccncc1)C(N)=S. The molecule has 0 bridgehead atoms. The standard InChI is InChI=1S/C11H15N3OS/c1-3-11(2,10(12)16)14-9(15)8-4-6-13-7-5-8/h4-7H,3H2,1-2H3,(H2,12,16)(H,14,15). The number of nitrogens with zero attached hydrogens (tertiary/aromatic N) is 1. The zero-order chi connectivity index (χ0) is 12.2. The van der Waals surface area contributed by atoms with E-state index in [0.29, 0.717) is 12.0 Å². The van der Waals surface area contributed by atoms with Crippen molar-refractivity contribution in [1.82, 2.24) is 10.3 Å². The number of nitrogens with one attached hydrogen (secondary N) is 1. The van der Waals surface area contributed by atoms with Crippen LogP contribution in [0.3, 0.4) is 0 Å². The summed E-state index contributed by atoms with van der Waals surface area (Å²) in [6, 6.07) is 3.29. The van der Waals surface area contributed by atoms with Crippen LogP contribution in [0.5, 0.6) is 0 Å². The number of aromatic nitrogens is 1. The minimum Gasteiger partial charge on any atom is -0.391 e. The number of thiocarbonyl (C=S) groups is 1.